The van der Waals surface area contributed by atoms with Crippen LogP contribution in [0.3, 0.4) is 0 Å². The Morgan fingerprint density at radius 2 is 1.94 bits per heavy atom. The zero-order valence-corrected chi connectivity index (χ0v) is 21.0. The average Bonchev–Trinajstić information content (AvgIpc) is 3.19. The van der Waals surface area contributed by atoms with Gasteiger partial charge < -0.3 is 9.84 Å². The van der Waals surface area contributed by atoms with Crippen molar-refractivity contribution in [2.45, 2.75) is 45.0 Å². The molecular weight excluding hydrogens is 474 g/mol. The topological polar surface area (TPSA) is 118 Å². The van der Waals surface area contributed by atoms with Gasteiger partial charge in [0.15, 0.2) is 0 Å². The molecule has 2 atom stereocenters. The number of carbonyl (C=O) groups is 1. The van der Waals surface area contributed by atoms with Crippen LogP contribution in [0.2, 0.25) is 0 Å². The fraction of sp³-hybridized carbons (Fsp3) is 0.375. The van der Waals surface area contributed by atoms with Crippen molar-refractivity contribution in [3.63, 3.8) is 0 Å². The number of nitrogens with zero attached hydrogens (tertiary/aromatic N) is 2. The number of fused-ring (bicyclic) bond motifs is 1. The summed E-state index contributed by atoms with van der Waals surface area (Å²) in [6.07, 6.45) is -0.156. The first-order chi connectivity index (χ1) is 16.0. The molecule has 2 heterocycles. The molecule has 1 amide bonds. The Hall–Kier alpha value is -2.82. The fourth-order valence-corrected chi connectivity index (χ4v) is 5.15. The first-order valence-corrected chi connectivity index (χ1v) is 13.2. The van der Waals surface area contributed by atoms with Crippen molar-refractivity contribution in [3.8, 4) is 16.9 Å². The van der Waals surface area contributed by atoms with Crippen LogP contribution in [0.4, 0.5) is 0 Å². The van der Waals surface area contributed by atoms with Crippen molar-refractivity contribution < 1.29 is 23.1 Å². The van der Waals surface area contributed by atoms with E-state index >= 15 is 0 Å². The van der Waals surface area contributed by atoms with Gasteiger partial charge in [-0.3, -0.25) is 4.79 Å². The number of nitrogens with one attached hydrogen (secondary N) is 1. The lowest BCUT2D eigenvalue weighted by atomic mass is 9.89. The molecule has 1 aliphatic heterocycles. The summed E-state index contributed by atoms with van der Waals surface area (Å²) in [4.78, 5) is 12.9. The van der Waals surface area contributed by atoms with Crippen molar-refractivity contribution in [2.75, 3.05) is 6.61 Å². The molecule has 0 bridgehead atoms. The quantitative estimate of drug-likeness (QED) is 0.548. The Morgan fingerprint density at radius 3 is 2.62 bits per heavy atom. The van der Waals surface area contributed by atoms with Crippen molar-refractivity contribution in [3.05, 3.63) is 63.6 Å². The lowest BCUT2D eigenvalue weighted by molar-refractivity contribution is 0.0507. The zero-order chi connectivity index (χ0) is 24.7. The van der Waals surface area contributed by atoms with Crippen LogP contribution in [0, 0.1) is 12.8 Å². The minimum atomic E-state index is -3.86. The van der Waals surface area contributed by atoms with E-state index in [2.05, 4.69) is 14.9 Å². The van der Waals surface area contributed by atoms with Gasteiger partial charge in [-0.15, -0.1) is 21.5 Å². The molecule has 2 N–H and O–H groups in total. The summed E-state index contributed by atoms with van der Waals surface area (Å²) in [6, 6.07) is 12.1. The van der Waals surface area contributed by atoms with Gasteiger partial charge in [0, 0.05) is 23.5 Å². The Morgan fingerprint density at radius 1 is 1.21 bits per heavy atom. The van der Waals surface area contributed by atoms with Crippen LogP contribution in [0.1, 0.15) is 52.8 Å². The van der Waals surface area contributed by atoms with Crippen LogP contribution >= 0.6 is 11.3 Å². The van der Waals surface area contributed by atoms with Crippen LogP contribution in [-0.2, 0) is 16.4 Å². The number of aliphatic hydroxyl groups is 1. The van der Waals surface area contributed by atoms with Crippen LogP contribution in [0.5, 0.6) is 5.75 Å². The molecule has 1 aliphatic rings. The summed E-state index contributed by atoms with van der Waals surface area (Å²) in [5.41, 5.74) is 2.15. The second-order valence-electron chi connectivity index (χ2n) is 9.28. The minimum absolute atomic E-state index is 0.147. The zero-order valence-electron chi connectivity index (χ0n) is 19.4. The van der Waals surface area contributed by atoms with E-state index in [0.717, 1.165) is 10.0 Å². The Kier molecular flexibility index (Phi) is 6.50. The predicted molar refractivity (Wildman–Crippen MR) is 130 cm³/mol. The van der Waals surface area contributed by atoms with E-state index in [1.54, 1.807) is 42.5 Å². The van der Waals surface area contributed by atoms with Gasteiger partial charge in [0.1, 0.15) is 15.8 Å². The molecule has 0 radical (unpaired) electrons. The maximum absolute atomic E-state index is 12.9. The number of hydrogen-bond acceptors (Lipinski definition) is 8. The lowest BCUT2D eigenvalue weighted by Gasteiger charge is -2.30. The summed E-state index contributed by atoms with van der Waals surface area (Å²) in [6.45, 7) is 6.80. The highest BCUT2D eigenvalue weighted by Crippen LogP contribution is 2.40. The molecule has 34 heavy (non-hydrogen) atoms. The van der Waals surface area contributed by atoms with Gasteiger partial charge in [0.25, 0.3) is 5.91 Å². The van der Waals surface area contributed by atoms with Crippen LogP contribution in [-0.4, -0.2) is 41.0 Å². The Labute approximate surface area is 203 Å². The third-order valence-electron chi connectivity index (χ3n) is 5.75. The summed E-state index contributed by atoms with van der Waals surface area (Å²) in [5, 5.41) is 20.9. The lowest BCUT2D eigenvalue weighted by Crippen LogP contribution is -2.42. The fourth-order valence-electron chi connectivity index (χ4n) is 3.69. The number of carbonyl (C=O) groups excluding carboxylic acids is 1. The number of amides is 1. The van der Waals surface area contributed by atoms with Crippen molar-refractivity contribution in [1.29, 1.82) is 0 Å². The van der Waals surface area contributed by atoms with Gasteiger partial charge >= 0.3 is 0 Å². The Bertz CT molecular complexity index is 1330. The van der Waals surface area contributed by atoms with E-state index in [9.17, 15) is 18.3 Å². The van der Waals surface area contributed by atoms with Gasteiger partial charge in [-0.25, -0.2) is 13.1 Å². The molecule has 3 aromatic rings. The summed E-state index contributed by atoms with van der Waals surface area (Å²) >= 11 is 1.50. The molecule has 0 fully saturated rings. The monoisotopic (exact) mass is 501 g/mol. The van der Waals surface area contributed by atoms with E-state index in [0.29, 0.717) is 35.5 Å². The van der Waals surface area contributed by atoms with Crippen LogP contribution in [0.25, 0.3) is 11.1 Å². The standard InChI is InChI=1S/C24H27N3O5S2/c1-14-25-26-21(33-14)12-16-13-32-20-11-15(9-10-19(20)22(16)28)17-7-5-6-8-18(17)23(29)27-34(30,31)24(2,3)4/h5-11,16,22,28H,12-13H2,1-4H3,(H,27,29)/t16-,22+/m0/s1. The molecule has 0 saturated carbocycles. The number of aromatic nitrogens is 2. The minimum Gasteiger partial charge on any atom is -0.493 e. The molecule has 1 aromatic heterocycles. The molecule has 0 saturated heterocycles. The maximum atomic E-state index is 12.9. The van der Waals surface area contributed by atoms with Crippen molar-refractivity contribution >= 4 is 27.3 Å². The largest absolute Gasteiger partial charge is 0.493 e. The van der Waals surface area contributed by atoms with Crippen molar-refractivity contribution in [1.82, 2.24) is 14.9 Å². The molecule has 180 valence electrons. The van der Waals surface area contributed by atoms with E-state index < -0.39 is 26.8 Å². The molecule has 8 nitrogen and oxygen atoms in total. The van der Waals surface area contributed by atoms with Crippen LogP contribution in [0.15, 0.2) is 42.5 Å². The maximum Gasteiger partial charge on any atom is 0.265 e. The smallest absolute Gasteiger partial charge is 0.265 e. The number of rotatable bonds is 5. The normalized spacial score (nSPS) is 18.1. The second kappa shape index (κ2) is 9.09. The number of ether oxygens (including phenoxy) is 1. The highest BCUT2D eigenvalue weighted by molar-refractivity contribution is 7.91. The number of sulfonamides is 1. The van der Waals surface area contributed by atoms with E-state index in [4.69, 9.17) is 4.74 Å². The highest BCUT2D eigenvalue weighted by Gasteiger charge is 2.33. The molecule has 10 heteroatoms. The SMILES string of the molecule is Cc1nnc(C[C@H]2COc3cc(-c4ccccc4C(=O)NS(=O)(=O)C(C)(C)C)ccc3[C@@H]2O)s1. The third-order valence-corrected chi connectivity index (χ3v) is 8.68. The third kappa shape index (κ3) is 4.84. The number of aliphatic hydroxyl groups excluding tert-OH is 1. The van der Waals surface area contributed by atoms with Gasteiger partial charge in [0.2, 0.25) is 10.0 Å². The summed E-state index contributed by atoms with van der Waals surface area (Å²) in [5.74, 6) is -0.310. The average molecular weight is 502 g/mol. The number of hydrogen-bond donors (Lipinski definition) is 2. The number of benzene rings is 2. The first-order valence-electron chi connectivity index (χ1n) is 10.9. The molecular formula is C24H27N3O5S2. The molecule has 4 rings (SSSR count). The van der Waals surface area contributed by atoms with Gasteiger partial charge in [-0.1, -0.05) is 30.3 Å². The van der Waals surface area contributed by atoms with Gasteiger partial charge in [0.05, 0.1) is 17.5 Å². The molecule has 0 aliphatic carbocycles. The number of aryl methyl sites for hydroxylation is 1. The van der Waals surface area contributed by atoms with E-state index in [1.165, 1.54) is 32.1 Å². The predicted octanol–water partition coefficient (Wildman–Crippen LogP) is 3.66. The Balaban J connectivity index is 1.60. The van der Waals surface area contributed by atoms with E-state index in [1.807, 2.05) is 6.92 Å². The van der Waals surface area contributed by atoms with Crippen LogP contribution < -0.4 is 9.46 Å². The van der Waals surface area contributed by atoms with Gasteiger partial charge in [-0.2, -0.15) is 0 Å². The summed E-state index contributed by atoms with van der Waals surface area (Å²) in [7, 11) is -3.86. The summed E-state index contributed by atoms with van der Waals surface area (Å²) < 4.78 is 32.0. The van der Waals surface area contributed by atoms with E-state index in [-0.39, 0.29) is 11.5 Å². The van der Waals surface area contributed by atoms with Gasteiger partial charge in [-0.05, 0) is 51.0 Å². The molecule has 0 unspecified atom stereocenters. The highest BCUT2D eigenvalue weighted by atomic mass is 32.2. The van der Waals surface area contributed by atoms with Crippen molar-refractivity contribution in [2.24, 2.45) is 5.92 Å². The first kappa shape index (κ1) is 24.3. The molecule has 0 spiro atoms. The molecule has 2 aromatic carbocycles. The second-order valence-corrected chi connectivity index (χ2v) is 13.0.